The van der Waals surface area contributed by atoms with Crippen LogP contribution >= 0.6 is 11.6 Å². The minimum Gasteiger partial charge on any atom is -0.343 e. The zero-order valence-corrected chi connectivity index (χ0v) is 20.7. The number of hydrogen-bond donors (Lipinski definition) is 1. The van der Waals surface area contributed by atoms with Crippen LogP contribution in [-0.2, 0) is 29.4 Å². The summed E-state index contributed by atoms with van der Waals surface area (Å²) in [5, 5.41) is 2.03. The second-order valence-electron chi connectivity index (χ2n) is 8.17. The molecule has 0 aliphatic carbocycles. The standard InChI is InChI=1S/C21H26ClN3O6S2/c1-24(10-11-32(2,28)29)20(26)14-25-9-3-4-19(21(25)27)23-33(30,31)18-8-6-15-12-17(22)7-5-16(15)13-18/h5-8,12-13,19,23H,3-4,9-11,14H2,1-2H3/t19-/m0/s1. The van der Waals surface area contributed by atoms with Crippen LogP contribution in [0.5, 0.6) is 0 Å². The van der Waals surface area contributed by atoms with Gasteiger partial charge in [-0.05, 0) is 47.9 Å². The van der Waals surface area contributed by atoms with Gasteiger partial charge in [-0.3, -0.25) is 9.59 Å². The maximum atomic E-state index is 12.9. The monoisotopic (exact) mass is 515 g/mol. The summed E-state index contributed by atoms with van der Waals surface area (Å²) in [6.07, 6.45) is 1.92. The first-order valence-corrected chi connectivity index (χ1v) is 14.2. The van der Waals surface area contributed by atoms with E-state index in [9.17, 15) is 26.4 Å². The molecule has 1 N–H and O–H groups in total. The van der Waals surface area contributed by atoms with Gasteiger partial charge in [0.05, 0.1) is 17.2 Å². The van der Waals surface area contributed by atoms with Crippen LogP contribution in [0.1, 0.15) is 12.8 Å². The molecule has 1 aliphatic heterocycles. The molecule has 2 aromatic carbocycles. The third kappa shape index (κ3) is 6.66. The number of nitrogens with zero attached hydrogens (tertiary/aromatic N) is 2. The lowest BCUT2D eigenvalue weighted by molar-refractivity contribution is -0.142. The van der Waals surface area contributed by atoms with Crippen molar-refractivity contribution in [2.45, 2.75) is 23.8 Å². The normalized spacial score (nSPS) is 17.4. The quantitative estimate of drug-likeness (QED) is 0.565. The minimum atomic E-state index is -3.98. The fourth-order valence-corrected chi connectivity index (χ4v) is 5.58. The molecule has 1 heterocycles. The number of likely N-dealkylation sites (N-methyl/N-ethyl adjacent to an activating group) is 1. The van der Waals surface area contributed by atoms with Gasteiger partial charge in [-0.25, -0.2) is 16.8 Å². The van der Waals surface area contributed by atoms with Crippen LogP contribution in [0.15, 0.2) is 41.3 Å². The molecular formula is C21H26ClN3O6S2. The summed E-state index contributed by atoms with van der Waals surface area (Å²) in [5.74, 6) is -1.07. The van der Waals surface area contributed by atoms with Crippen LogP contribution in [0, 0.1) is 0 Å². The van der Waals surface area contributed by atoms with Gasteiger partial charge in [0.25, 0.3) is 0 Å². The molecule has 1 atom stereocenters. The van der Waals surface area contributed by atoms with Crippen LogP contribution in [-0.4, -0.2) is 83.2 Å². The molecule has 2 amide bonds. The Bertz CT molecular complexity index is 1280. The number of rotatable bonds is 8. The second-order valence-corrected chi connectivity index (χ2v) is 12.6. The molecule has 0 saturated carbocycles. The maximum absolute atomic E-state index is 12.9. The SMILES string of the molecule is CN(CCS(C)(=O)=O)C(=O)CN1CCC[C@H](NS(=O)(=O)c2ccc3cc(Cl)ccc3c2)C1=O. The lowest BCUT2D eigenvalue weighted by atomic mass is 10.1. The van der Waals surface area contributed by atoms with E-state index in [4.69, 9.17) is 11.6 Å². The fraction of sp³-hybridized carbons (Fsp3) is 0.429. The summed E-state index contributed by atoms with van der Waals surface area (Å²) in [5.41, 5.74) is 0. The van der Waals surface area contributed by atoms with Crippen LogP contribution in [0.3, 0.4) is 0 Å². The summed E-state index contributed by atoms with van der Waals surface area (Å²) >= 11 is 5.97. The van der Waals surface area contributed by atoms with Crippen molar-refractivity contribution in [3.8, 4) is 0 Å². The molecule has 0 aromatic heterocycles. The number of likely N-dealkylation sites (tertiary alicyclic amines) is 1. The Hall–Kier alpha value is -2.21. The summed E-state index contributed by atoms with van der Waals surface area (Å²) in [6, 6.07) is 8.74. The number of benzene rings is 2. The molecule has 1 fully saturated rings. The van der Waals surface area contributed by atoms with Gasteiger partial charge in [-0.1, -0.05) is 23.7 Å². The Kier molecular flexibility index (Phi) is 7.67. The first kappa shape index (κ1) is 25.4. The van der Waals surface area contributed by atoms with Gasteiger partial charge >= 0.3 is 0 Å². The molecule has 33 heavy (non-hydrogen) atoms. The van der Waals surface area contributed by atoms with Gasteiger partial charge < -0.3 is 9.80 Å². The van der Waals surface area contributed by atoms with Crippen LogP contribution in [0.25, 0.3) is 10.8 Å². The van der Waals surface area contributed by atoms with Gasteiger partial charge in [0.15, 0.2) is 0 Å². The average Bonchev–Trinajstić information content (AvgIpc) is 2.73. The van der Waals surface area contributed by atoms with E-state index in [1.54, 1.807) is 24.3 Å². The molecule has 0 unspecified atom stereocenters. The number of piperidine rings is 1. The Morgan fingerprint density at radius 3 is 2.52 bits per heavy atom. The van der Waals surface area contributed by atoms with E-state index in [1.807, 2.05) is 0 Å². The van der Waals surface area contributed by atoms with Crippen molar-refractivity contribution in [2.24, 2.45) is 0 Å². The number of hydrogen-bond acceptors (Lipinski definition) is 6. The number of fused-ring (bicyclic) bond motifs is 1. The zero-order valence-electron chi connectivity index (χ0n) is 18.3. The zero-order chi connectivity index (χ0) is 24.4. The van der Waals surface area contributed by atoms with E-state index in [-0.39, 0.29) is 23.7 Å². The highest BCUT2D eigenvalue weighted by Gasteiger charge is 2.33. The highest BCUT2D eigenvalue weighted by atomic mass is 35.5. The average molecular weight is 516 g/mol. The molecule has 12 heteroatoms. The molecule has 0 radical (unpaired) electrons. The predicted octanol–water partition coefficient (Wildman–Crippen LogP) is 1.27. The highest BCUT2D eigenvalue weighted by molar-refractivity contribution is 7.90. The molecule has 1 aliphatic rings. The Morgan fingerprint density at radius 2 is 1.82 bits per heavy atom. The van der Waals surface area contributed by atoms with Crippen molar-refractivity contribution < 1.29 is 26.4 Å². The van der Waals surface area contributed by atoms with E-state index in [0.29, 0.717) is 29.8 Å². The van der Waals surface area contributed by atoms with E-state index in [1.165, 1.54) is 29.0 Å². The lowest BCUT2D eigenvalue weighted by Crippen LogP contribution is -2.54. The summed E-state index contributed by atoms with van der Waals surface area (Å²) < 4.78 is 50.9. The van der Waals surface area contributed by atoms with E-state index in [0.717, 1.165) is 11.6 Å². The summed E-state index contributed by atoms with van der Waals surface area (Å²) in [4.78, 5) is 27.9. The highest BCUT2D eigenvalue weighted by Crippen LogP contribution is 2.23. The van der Waals surface area contributed by atoms with Crippen molar-refractivity contribution in [3.05, 3.63) is 41.4 Å². The molecule has 0 spiro atoms. The van der Waals surface area contributed by atoms with E-state index >= 15 is 0 Å². The van der Waals surface area contributed by atoms with Crippen LogP contribution in [0.4, 0.5) is 0 Å². The largest absolute Gasteiger partial charge is 0.343 e. The number of sulfone groups is 1. The summed E-state index contributed by atoms with van der Waals surface area (Å²) in [6.45, 7) is 0.0937. The Balaban J connectivity index is 1.68. The third-order valence-corrected chi connectivity index (χ3v) is 8.09. The smallest absolute Gasteiger partial charge is 0.241 e. The molecule has 2 aromatic rings. The van der Waals surface area contributed by atoms with Crippen molar-refractivity contribution in [1.29, 1.82) is 0 Å². The third-order valence-electron chi connectivity index (χ3n) is 5.46. The van der Waals surface area contributed by atoms with Crippen molar-refractivity contribution in [2.75, 3.05) is 38.7 Å². The van der Waals surface area contributed by atoms with Gasteiger partial charge in [0, 0.05) is 31.4 Å². The lowest BCUT2D eigenvalue weighted by Gasteiger charge is -2.33. The maximum Gasteiger partial charge on any atom is 0.241 e. The number of amides is 2. The number of carbonyl (C=O) groups excluding carboxylic acids is 2. The number of halogens is 1. The second kappa shape index (κ2) is 9.96. The van der Waals surface area contributed by atoms with Crippen LogP contribution in [0.2, 0.25) is 5.02 Å². The molecule has 0 bridgehead atoms. The topological polar surface area (TPSA) is 121 Å². The first-order valence-electron chi connectivity index (χ1n) is 10.3. The van der Waals surface area contributed by atoms with E-state index in [2.05, 4.69) is 4.72 Å². The van der Waals surface area contributed by atoms with Crippen molar-refractivity contribution in [1.82, 2.24) is 14.5 Å². The molecule has 1 saturated heterocycles. The molecule has 3 rings (SSSR count). The van der Waals surface area contributed by atoms with Gasteiger partial charge in [0.1, 0.15) is 15.9 Å². The Morgan fingerprint density at radius 1 is 1.15 bits per heavy atom. The number of sulfonamides is 1. The molecular weight excluding hydrogens is 490 g/mol. The fourth-order valence-electron chi connectivity index (χ4n) is 3.54. The summed E-state index contributed by atoms with van der Waals surface area (Å²) in [7, 11) is -5.74. The van der Waals surface area contributed by atoms with Gasteiger partial charge in [-0.15, -0.1) is 0 Å². The number of carbonyl (C=O) groups is 2. The van der Waals surface area contributed by atoms with Crippen molar-refractivity contribution in [3.63, 3.8) is 0 Å². The molecule has 180 valence electrons. The predicted molar refractivity (Wildman–Crippen MR) is 126 cm³/mol. The van der Waals surface area contributed by atoms with Crippen molar-refractivity contribution >= 4 is 54.0 Å². The Labute approximate surface area is 198 Å². The van der Waals surface area contributed by atoms with Gasteiger partial charge in [0.2, 0.25) is 21.8 Å². The molecule has 9 nitrogen and oxygen atoms in total. The number of nitrogens with one attached hydrogen (secondary N) is 1. The van der Waals surface area contributed by atoms with Crippen LogP contribution < -0.4 is 4.72 Å². The van der Waals surface area contributed by atoms with Gasteiger partial charge in [-0.2, -0.15) is 4.72 Å². The van der Waals surface area contributed by atoms with E-state index < -0.39 is 37.7 Å². The minimum absolute atomic E-state index is 0.0168. The first-order chi connectivity index (χ1) is 15.4.